The number of thioether (sulfide) groups is 1. The molecule has 0 spiro atoms. The quantitative estimate of drug-likeness (QED) is 0.381. The topological polar surface area (TPSA) is 100 Å². The first-order chi connectivity index (χ1) is 16.1. The normalized spacial score (nSPS) is 11.1. The van der Waals surface area contributed by atoms with Crippen molar-refractivity contribution in [1.29, 1.82) is 0 Å². The molecule has 3 rings (SSSR count). The number of amides is 3. The maximum absolute atomic E-state index is 12.5. The molecule has 0 unspecified atom stereocenters. The highest BCUT2D eigenvalue weighted by Crippen LogP contribution is 2.24. The fourth-order valence-corrected chi connectivity index (χ4v) is 4.53. The van der Waals surface area contributed by atoms with Crippen molar-refractivity contribution in [2.75, 3.05) is 21.7 Å². The summed E-state index contributed by atoms with van der Waals surface area (Å²) in [5, 5.41) is 10.8. The zero-order chi connectivity index (χ0) is 24.7. The minimum Gasteiger partial charge on any atom is -0.326 e. The van der Waals surface area contributed by atoms with Gasteiger partial charge in [-0.3, -0.25) is 19.7 Å². The van der Waals surface area contributed by atoms with Crippen LogP contribution in [0, 0.1) is 0 Å². The van der Waals surface area contributed by atoms with E-state index in [1.54, 1.807) is 24.3 Å². The second-order valence-electron chi connectivity index (χ2n) is 8.72. The molecular weight excluding hydrogens is 468 g/mol. The zero-order valence-corrected chi connectivity index (χ0v) is 21.2. The Kier molecular flexibility index (Phi) is 8.46. The van der Waals surface area contributed by atoms with E-state index in [0.29, 0.717) is 27.8 Å². The second kappa shape index (κ2) is 11.3. The molecule has 0 aliphatic heterocycles. The Bertz CT molecular complexity index is 1150. The molecule has 3 amide bonds. The summed E-state index contributed by atoms with van der Waals surface area (Å²) < 4.78 is 0. The van der Waals surface area contributed by atoms with Crippen molar-refractivity contribution in [3.63, 3.8) is 0 Å². The van der Waals surface area contributed by atoms with Crippen molar-refractivity contribution in [3.05, 3.63) is 70.7 Å². The zero-order valence-electron chi connectivity index (χ0n) is 19.6. The number of thiazole rings is 1. The van der Waals surface area contributed by atoms with Crippen LogP contribution < -0.4 is 16.0 Å². The minimum atomic E-state index is -0.196. The number of hydrogen-bond acceptors (Lipinski definition) is 6. The lowest BCUT2D eigenvalue weighted by Gasteiger charge is -2.18. The molecule has 0 fully saturated rings. The van der Waals surface area contributed by atoms with E-state index in [0.717, 1.165) is 5.69 Å². The lowest BCUT2D eigenvalue weighted by Crippen LogP contribution is -2.14. The van der Waals surface area contributed by atoms with Gasteiger partial charge in [0.1, 0.15) is 0 Å². The molecule has 3 aromatic rings. The van der Waals surface area contributed by atoms with Gasteiger partial charge in [0.2, 0.25) is 11.8 Å². The van der Waals surface area contributed by atoms with Crippen LogP contribution in [0.3, 0.4) is 0 Å². The Hall–Kier alpha value is -3.17. The largest absolute Gasteiger partial charge is 0.326 e. The van der Waals surface area contributed by atoms with Crippen molar-refractivity contribution in [2.45, 2.75) is 38.9 Å². The Balaban J connectivity index is 1.43. The van der Waals surface area contributed by atoms with E-state index >= 15 is 0 Å². The number of carbonyl (C=O) groups excluding carboxylic acids is 3. The van der Waals surface area contributed by atoms with Gasteiger partial charge in [-0.25, -0.2) is 4.98 Å². The molecular formula is C25H28N4O3S2. The van der Waals surface area contributed by atoms with Crippen molar-refractivity contribution in [1.82, 2.24) is 4.98 Å². The number of hydrogen-bond donors (Lipinski definition) is 3. The van der Waals surface area contributed by atoms with Crippen LogP contribution in [0.1, 0.15) is 49.3 Å². The molecule has 178 valence electrons. The predicted molar refractivity (Wildman–Crippen MR) is 141 cm³/mol. The van der Waals surface area contributed by atoms with Crippen LogP contribution in [0.2, 0.25) is 0 Å². The third-order valence-corrected chi connectivity index (χ3v) is 6.53. The standard InChI is InChI=1S/C25H28N4O3S2/c1-16(30)26-19-9-11-20(12-10-19)27-22(31)15-33-13-21-14-34-24(28-21)29-23(32)17-5-7-18(8-6-17)25(2,3)4/h5-12,14H,13,15H2,1-4H3,(H,26,30)(H,27,31)(H,28,29,32). The maximum Gasteiger partial charge on any atom is 0.257 e. The molecule has 0 radical (unpaired) electrons. The van der Waals surface area contributed by atoms with Gasteiger partial charge in [-0.2, -0.15) is 0 Å². The smallest absolute Gasteiger partial charge is 0.257 e. The summed E-state index contributed by atoms with van der Waals surface area (Å²) in [6.07, 6.45) is 0. The van der Waals surface area contributed by atoms with E-state index < -0.39 is 0 Å². The van der Waals surface area contributed by atoms with E-state index in [2.05, 4.69) is 41.7 Å². The first kappa shape index (κ1) is 25.5. The molecule has 34 heavy (non-hydrogen) atoms. The van der Waals surface area contributed by atoms with Crippen LogP contribution in [0.5, 0.6) is 0 Å². The van der Waals surface area contributed by atoms with Gasteiger partial charge >= 0.3 is 0 Å². The van der Waals surface area contributed by atoms with Gasteiger partial charge in [0.15, 0.2) is 5.13 Å². The van der Waals surface area contributed by atoms with Gasteiger partial charge < -0.3 is 10.6 Å². The molecule has 0 saturated carbocycles. The highest BCUT2D eigenvalue weighted by atomic mass is 32.2. The first-order valence-electron chi connectivity index (χ1n) is 10.7. The molecule has 0 saturated heterocycles. The predicted octanol–water partition coefficient (Wildman–Crippen LogP) is 5.52. The van der Waals surface area contributed by atoms with E-state index in [9.17, 15) is 14.4 Å². The molecule has 1 heterocycles. The lowest BCUT2D eigenvalue weighted by molar-refractivity contribution is -0.114. The fraction of sp³-hybridized carbons (Fsp3) is 0.280. The van der Waals surface area contributed by atoms with E-state index in [1.165, 1.54) is 35.6 Å². The number of benzene rings is 2. The summed E-state index contributed by atoms with van der Waals surface area (Å²) in [6, 6.07) is 14.5. The number of aromatic nitrogens is 1. The Morgan fingerprint density at radius 1 is 0.912 bits per heavy atom. The van der Waals surface area contributed by atoms with Gasteiger partial charge in [0, 0.05) is 35.0 Å². The van der Waals surface area contributed by atoms with Crippen LogP contribution in [-0.4, -0.2) is 28.5 Å². The van der Waals surface area contributed by atoms with Gasteiger partial charge in [-0.05, 0) is 47.4 Å². The Morgan fingerprint density at radius 3 is 2.12 bits per heavy atom. The molecule has 0 aliphatic carbocycles. The van der Waals surface area contributed by atoms with Gasteiger partial charge in [0.25, 0.3) is 5.91 Å². The van der Waals surface area contributed by atoms with Crippen molar-refractivity contribution >= 4 is 57.3 Å². The number of nitrogens with zero attached hydrogens (tertiary/aromatic N) is 1. The van der Waals surface area contributed by atoms with E-state index in [4.69, 9.17) is 0 Å². The Morgan fingerprint density at radius 2 is 1.53 bits per heavy atom. The van der Waals surface area contributed by atoms with Crippen LogP contribution in [0.25, 0.3) is 0 Å². The van der Waals surface area contributed by atoms with Gasteiger partial charge in [0.05, 0.1) is 11.4 Å². The number of anilines is 3. The summed E-state index contributed by atoms with van der Waals surface area (Å²) in [4.78, 5) is 40.2. The van der Waals surface area contributed by atoms with Crippen LogP contribution in [-0.2, 0) is 20.8 Å². The summed E-state index contributed by atoms with van der Waals surface area (Å²) in [5.74, 6) is 0.360. The highest BCUT2D eigenvalue weighted by Gasteiger charge is 2.15. The molecule has 0 atom stereocenters. The fourth-order valence-electron chi connectivity index (χ4n) is 3.01. The molecule has 2 aromatic carbocycles. The van der Waals surface area contributed by atoms with Crippen molar-refractivity contribution in [2.24, 2.45) is 0 Å². The highest BCUT2D eigenvalue weighted by molar-refractivity contribution is 7.99. The minimum absolute atomic E-state index is 0.0339. The van der Waals surface area contributed by atoms with Crippen molar-refractivity contribution in [3.8, 4) is 0 Å². The Labute approximate surface area is 207 Å². The van der Waals surface area contributed by atoms with Crippen molar-refractivity contribution < 1.29 is 14.4 Å². The number of nitrogens with one attached hydrogen (secondary N) is 3. The second-order valence-corrected chi connectivity index (χ2v) is 10.6. The third-order valence-electron chi connectivity index (χ3n) is 4.76. The van der Waals surface area contributed by atoms with Gasteiger partial charge in [-0.15, -0.1) is 23.1 Å². The molecule has 1 aromatic heterocycles. The average Bonchev–Trinajstić information content (AvgIpc) is 3.21. The molecule has 3 N–H and O–H groups in total. The average molecular weight is 497 g/mol. The van der Waals surface area contributed by atoms with Crippen LogP contribution in [0.4, 0.5) is 16.5 Å². The summed E-state index contributed by atoms with van der Waals surface area (Å²) in [6.45, 7) is 7.84. The molecule has 0 aliphatic rings. The lowest BCUT2D eigenvalue weighted by atomic mass is 9.87. The SMILES string of the molecule is CC(=O)Nc1ccc(NC(=O)CSCc2csc(NC(=O)c3ccc(C(C)(C)C)cc3)n2)cc1. The maximum atomic E-state index is 12.5. The van der Waals surface area contributed by atoms with Gasteiger partial charge in [-0.1, -0.05) is 32.9 Å². The van der Waals surface area contributed by atoms with E-state index in [1.807, 2.05) is 29.6 Å². The number of carbonyl (C=O) groups is 3. The first-order valence-corrected chi connectivity index (χ1v) is 12.7. The summed E-state index contributed by atoms with van der Waals surface area (Å²) in [7, 11) is 0. The third kappa shape index (κ3) is 7.71. The summed E-state index contributed by atoms with van der Waals surface area (Å²) >= 11 is 2.80. The van der Waals surface area contributed by atoms with Crippen LogP contribution >= 0.6 is 23.1 Å². The monoisotopic (exact) mass is 496 g/mol. The van der Waals surface area contributed by atoms with E-state index in [-0.39, 0.29) is 28.9 Å². The molecule has 0 bridgehead atoms. The molecule has 7 nitrogen and oxygen atoms in total. The molecule has 9 heteroatoms. The summed E-state index contributed by atoms with van der Waals surface area (Å²) in [5.41, 5.74) is 3.93. The van der Waals surface area contributed by atoms with Crippen LogP contribution in [0.15, 0.2) is 53.9 Å². The number of rotatable bonds is 8.